The average Bonchev–Trinajstić information content (AvgIpc) is 2.27. The van der Waals surface area contributed by atoms with Crippen LogP contribution in [0.5, 0.6) is 5.75 Å². The first kappa shape index (κ1) is 12.1. The summed E-state index contributed by atoms with van der Waals surface area (Å²) in [6.07, 6.45) is 1.73. The number of carbonyl (C=O) groups excluding carboxylic acids is 1. The Morgan fingerprint density at radius 3 is 2.56 bits per heavy atom. The predicted octanol–water partition coefficient (Wildman–Crippen LogP) is 1.42. The van der Waals surface area contributed by atoms with Crippen molar-refractivity contribution in [2.75, 3.05) is 13.7 Å². The van der Waals surface area contributed by atoms with Crippen LogP contribution in [0.2, 0.25) is 0 Å². The van der Waals surface area contributed by atoms with Gasteiger partial charge in [0.1, 0.15) is 5.75 Å². The summed E-state index contributed by atoms with van der Waals surface area (Å²) in [6, 6.07) is 6.55. The van der Waals surface area contributed by atoms with Crippen molar-refractivity contribution in [1.82, 2.24) is 4.90 Å². The fourth-order valence-corrected chi connectivity index (χ4v) is 1.25. The topological polar surface area (TPSA) is 53.3 Å². The van der Waals surface area contributed by atoms with Crippen LogP contribution in [0, 0.1) is 31.4 Å². The Morgan fingerprint density at radius 1 is 1.50 bits per heavy atom. The Hall–Kier alpha value is -2.02. The molecule has 0 aliphatic carbocycles. The Kier molecular flexibility index (Phi) is 3.90. The van der Waals surface area contributed by atoms with Gasteiger partial charge in [0.15, 0.2) is 12.8 Å². The van der Waals surface area contributed by atoms with Gasteiger partial charge in [-0.25, -0.2) is 4.90 Å². The third-order valence-corrected chi connectivity index (χ3v) is 2.18. The average molecular weight is 217 g/mol. The van der Waals surface area contributed by atoms with E-state index in [0.29, 0.717) is 5.75 Å². The van der Waals surface area contributed by atoms with Gasteiger partial charge in [0.05, 0.1) is 0 Å². The lowest BCUT2D eigenvalue weighted by Crippen LogP contribution is -2.27. The number of likely N-dealkylation sites (N-methyl/N-ethyl adjacent to an activating group) is 1. The lowest BCUT2D eigenvalue weighted by Gasteiger charge is -2.12. The zero-order chi connectivity index (χ0) is 12.1. The molecular weight excluding hydrogens is 204 g/mol. The molecule has 1 amide bonds. The number of aryl methyl sites for hydroxylation is 2. The van der Waals surface area contributed by atoms with Crippen LogP contribution < -0.4 is 4.74 Å². The molecule has 0 N–H and O–H groups in total. The SMILES string of the molecule is Cc1c[c]cc(C)c1OCC(=O)N(C)C#N. The maximum atomic E-state index is 11.3. The molecule has 16 heavy (non-hydrogen) atoms. The Bertz CT molecular complexity index is 415. The zero-order valence-corrected chi connectivity index (χ0v) is 9.57. The van der Waals surface area contributed by atoms with Gasteiger partial charge in [-0.15, -0.1) is 0 Å². The van der Waals surface area contributed by atoms with Gasteiger partial charge in [-0.2, -0.15) is 5.26 Å². The summed E-state index contributed by atoms with van der Waals surface area (Å²) in [5, 5.41) is 8.51. The summed E-state index contributed by atoms with van der Waals surface area (Å²) in [5.74, 6) is 0.313. The molecule has 0 aliphatic heterocycles. The van der Waals surface area contributed by atoms with Crippen molar-refractivity contribution in [3.63, 3.8) is 0 Å². The highest BCUT2D eigenvalue weighted by Gasteiger charge is 2.10. The van der Waals surface area contributed by atoms with Gasteiger partial charge in [-0.1, -0.05) is 0 Å². The minimum atomic E-state index is -0.367. The number of hydrogen-bond acceptors (Lipinski definition) is 3. The highest BCUT2D eigenvalue weighted by molar-refractivity contribution is 5.78. The molecule has 0 unspecified atom stereocenters. The van der Waals surface area contributed by atoms with E-state index in [0.717, 1.165) is 16.0 Å². The maximum absolute atomic E-state index is 11.3. The maximum Gasteiger partial charge on any atom is 0.273 e. The molecule has 0 aromatic heterocycles. The highest BCUT2D eigenvalue weighted by Crippen LogP contribution is 2.21. The lowest BCUT2D eigenvalue weighted by molar-refractivity contribution is -0.129. The van der Waals surface area contributed by atoms with Crippen LogP contribution in [0.15, 0.2) is 12.1 Å². The summed E-state index contributed by atoms with van der Waals surface area (Å²) in [6.45, 7) is 3.64. The summed E-state index contributed by atoms with van der Waals surface area (Å²) in [7, 11) is 1.41. The fraction of sp³-hybridized carbons (Fsp3) is 0.333. The number of nitrogens with zero attached hydrogens (tertiary/aromatic N) is 2. The van der Waals surface area contributed by atoms with Crippen molar-refractivity contribution >= 4 is 5.91 Å². The second-order valence-corrected chi connectivity index (χ2v) is 3.49. The number of ether oxygens (including phenoxy) is 1. The molecule has 0 fully saturated rings. The molecule has 4 nitrogen and oxygen atoms in total. The Labute approximate surface area is 95.0 Å². The van der Waals surface area contributed by atoms with E-state index in [1.165, 1.54) is 7.05 Å². The first-order valence-corrected chi connectivity index (χ1v) is 4.82. The molecule has 0 atom stereocenters. The second-order valence-electron chi connectivity index (χ2n) is 3.49. The molecule has 1 radical (unpaired) electrons. The smallest absolute Gasteiger partial charge is 0.273 e. The minimum absolute atomic E-state index is 0.129. The van der Waals surface area contributed by atoms with E-state index in [1.807, 2.05) is 13.8 Å². The van der Waals surface area contributed by atoms with E-state index >= 15 is 0 Å². The van der Waals surface area contributed by atoms with E-state index in [9.17, 15) is 4.79 Å². The molecule has 0 saturated heterocycles. The first-order valence-electron chi connectivity index (χ1n) is 4.82. The van der Waals surface area contributed by atoms with E-state index in [-0.39, 0.29) is 12.5 Å². The molecule has 0 spiro atoms. The van der Waals surface area contributed by atoms with Crippen LogP contribution in [0.1, 0.15) is 11.1 Å². The highest BCUT2D eigenvalue weighted by atomic mass is 16.5. The number of nitriles is 1. The lowest BCUT2D eigenvalue weighted by atomic mass is 10.1. The van der Waals surface area contributed by atoms with Crippen LogP contribution in [0.25, 0.3) is 0 Å². The van der Waals surface area contributed by atoms with Crippen LogP contribution in [-0.4, -0.2) is 24.5 Å². The normalized spacial score (nSPS) is 9.38. The van der Waals surface area contributed by atoms with Crippen LogP contribution in [-0.2, 0) is 4.79 Å². The van der Waals surface area contributed by atoms with Gasteiger partial charge >= 0.3 is 0 Å². The Morgan fingerprint density at radius 2 is 2.06 bits per heavy atom. The van der Waals surface area contributed by atoms with Gasteiger partial charge in [0, 0.05) is 7.05 Å². The number of benzene rings is 1. The summed E-state index contributed by atoms with van der Waals surface area (Å²) in [4.78, 5) is 12.3. The largest absolute Gasteiger partial charge is 0.483 e. The number of rotatable bonds is 3. The number of amides is 1. The van der Waals surface area contributed by atoms with Gasteiger partial charge < -0.3 is 4.74 Å². The molecular formula is C12H13N2O2. The van der Waals surface area contributed by atoms with E-state index in [4.69, 9.17) is 10.00 Å². The predicted molar refractivity (Wildman–Crippen MR) is 58.6 cm³/mol. The molecule has 1 rings (SSSR count). The van der Waals surface area contributed by atoms with E-state index < -0.39 is 0 Å². The van der Waals surface area contributed by atoms with Crippen molar-refractivity contribution in [1.29, 1.82) is 5.26 Å². The zero-order valence-electron chi connectivity index (χ0n) is 9.57. The van der Waals surface area contributed by atoms with Gasteiger partial charge in [-0.3, -0.25) is 4.79 Å². The van der Waals surface area contributed by atoms with Gasteiger partial charge in [-0.05, 0) is 43.2 Å². The van der Waals surface area contributed by atoms with Crippen LogP contribution in [0.3, 0.4) is 0 Å². The molecule has 0 saturated carbocycles. The Balaban J connectivity index is 2.69. The van der Waals surface area contributed by atoms with Crippen molar-refractivity contribution < 1.29 is 9.53 Å². The third-order valence-electron chi connectivity index (χ3n) is 2.18. The van der Waals surface area contributed by atoms with Crippen LogP contribution >= 0.6 is 0 Å². The molecule has 0 aliphatic rings. The van der Waals surface area contributed by atoms with Gasteiger partial charge in [0.2, 0.25) is 0 Å². The van der Waals surface area contributed by atoms with Crippen molar-refractivity contribution in [2.45, 2.75) is 13.8 Å². The molecule has 0 heterocycles. The third kappa shape index (κ3) is 2.74. The van der Waals surface area contributed by atoms with E-state index in [2.05, 4.69) is 6.07 Å². The monoisotopic (exact) mass is 217 g/mol. The van der Waals surface area contributed by atoms with Crippen molar-refractivity contribution in [2.24, 2.45) is 0 Å². The summed E-state index contributed by atoms with van der Waals surface area (Å²) in [5.41, 5.74) is 1.85. The minimum Gasteiger partial charge on any atom is -0.483 e. The summed E-state index contributed by atoms with van der Waals surface area (Å²) < 4.78 is 5.39. The molecule has 4 heteroatoms. The first-order chi connectivity index (χ1) is 7.56. The summed E-state index contributed by atoms with van der Waals surface area (Å²) >= 11 is 0. The van der Waals surface area contributed by atoms with Crippen molar-refractivity contribution in [3.8, 4) is 11.9 Å². The molecule has 83 valence electrons. The van der Waals surface area contributed by atoms with Gasteiger partial charge in [0.25, 0.3) is 5.91 Å². The fourth-order valence-electron chi connectivity index (χ4n) is 1.25. The molecule has 1 aromatic carbocycles. The molecule has 1 aromatic rings. The quantitative estimate of drug-likeness (QED) is 0.568. The number of hydrogen-bond donors (Lipinski definition) is 0. The molecule has 0 bridgehead atoms. The van der Waals surface area contributed by atoms with E-state index in [1.54, 1.807) is 18.3 Å². The number of carbonyl (C=O) groups is 1. The second kappa shape index (κ2) is 5.17. The standard InChI is InChI=1S/C12H13N2O2/c1-9-5-4-6-10(2)12(9)16-7-11(15)14(3)8-13/h5-6H,7H2,1-3H3. The van der Waals surface area contributed by atoms with Crippen LogP contribution in [0.4, 0.5) is 0 Å². The van der Waals surface area contributed by atoms with Crippen molar-refractivity contribution in [3.05, 3.63) is 29.3 Å².